The zero-order valence-corrected chi connectivity index (χ0v) is 14.1. The van der Waals surface area contributed by atoms with Gasteiger partial charge in [-0.2, -0.15) is 0 Å². The molecule has 0 aromatic heterocycles. The van der Waals surface area contributed by atoms with Crippen LogP contribution in [0.15, 0.2) is 34.1 Å². The fraction of sp³-hybridized carbons (Fsp3) is 0.143. The Morgan fingerprint density at radius 1 is 0.684 bits per heavy atom. The molecule has 100 valence electrons. The fourth-order valence-electron chi connectivity index (χ4n) is 1.55. The van der Waals surface area contributed by atoms with Crippen molar-refractivity contribution in [1.29, 1.82) is 0 Å². The second-order valence-electron chi connectivity index (χ2n) is 4.12. The second-order valence-corrected chi connectivity index (χ2v) is 6.71. The van der Waals surface area contributed by atoms with E-state index < -0.39 is 0 Å². The van der Waals surface area contributed by atoms with Crippen molar-refractivity contribution >= 4 is 58.2 Å². The lowest BCUT2D eigenvalue weighted by Gasteiger charge is -2.12. The normalized spacial score (nSPS) is 10.8. The Hall–Kier alpha value is -0.0500. The summed E-state index contributed by atoms with van der Waals surface area (Å²) in [6.45, 7) is 3.87. The van der Waals surface area contributed by atoms with Gasteiger partial charge in [-0.1, -0.05) is 70.3 Å². The first-order chi connectivity index (χ1) is 8.91. The van der Waals surface area contributed by atoms with Gasteiger partial charge in [0.25, 0.3) is 0 Å². The lowest BCUT2D eigenvalue weighted by Crippen LogP contribution is -1.86. The van der Waals surface area contributed by atoms with Gasteiger partial charge in [-0.25, -0.2) is 0 Å². The van der Waals surface area contributed by atoms with E-state index in [1.165, 1.54) is 11.8 Å². The molecule has 0 aliphatic heterocycles. The van der Waals surface area contributed by atoms with Crippen LogP contribution in [-0.2, 0) is 0 Å². The molecule has 0 heterocycles. The first-order valence-electron chi connectivity index (χ1n) is 5.49. The van der Waals surface area contributed by atoms with Crippen molar-refractivity contribution in [2.75, 3.05) is 0 Å². The maximum Gasteiger partial charge on any atom is 0.0589 e. The van der Waals surface area contributed by atoms with Gasteiger partial charge in [-0.3, -0.25) is 0 Å². The molecule has 0 bridgehead atoms. The van der Waals surface area contributed by atoms with Crippen LogP contribution >= 0.6 is 58.2 Å². The highest BCUT2D eigenvalue weighted by Gasteiger charge is 2.15. The predicted octanol–water partition coefficient (Wildman–Crippen LogP) is 7.07. The smallest absolute Gasteiger partial charge is 0.0589 e. The molecule has 0 radical (unpaired) electrons. The molecule has 0 spiro atoms. The van der Waals surface area contributed by atoms with Crippen molar-refractivity contribution in [3.8, 4) is 0 Å². The van der Waals surface area contributed by atoms with Gasteiger partial charge >= 0.3 is 0 Å². The van der Waals surface area contributed by atoms with Crippen molar-refractivity contribution in [2.24, 2.45) is 0 Å². The van der Waals surface area contributed by atoms with Crippen LogP contribution in [0.1, 0.15) is 11.1 Å². The summed E-state index contributed by atoms with van der Waals surface area (Å²) in [4.78, 5) is 1.55. The minimum absolute atomic E-state index is 0.592. The van der Waals surface area contributed by atoms with Crippen molar-refractivity contribution in [3.05, 3.63) is 55.5 Å². The van der Waals surface area contributed by atoms with E-state index in [1.54, 1.807) is 0 Å². The standard InChI is InChI=1S/C14H10Cl4S/c1-7-3-5-9(15)13(11(7)17)19-14-10(16)6-4-8(2)12(14)18/h3-6H,1-2H3. The van der Waals surface area contributed by atoms with Crippen molar-refractivity contribution < 1.29 is 0 Å². The summed E-state index contributed by atoms with van der Waals surface area (Å²) in [5.41, 5.74) is 1.93. The summed E-state index contributed by atoms with van der Waals surface area (Å²) in [5.74, 6) is 0. The molecule has 0 nitrogen and oxygen atoms in total. The van der Waals surface area contributed by atoms with E-state index in [4.69, 9.17) is 46.4 Å². The Kier molecular flexibility index (Phi) is 4.97. The first kappa shape index (κ1) is 15.3. The van der Waals surface area contributed by atoms with Gasteiger partial charge in [0, 0.05) is 9.79 Å². The van der Waals surface area contributed by atoms with E-state index in [0.29, 0.717) is 20.1 Å². The van der Waals surface area contributed by atoms with E-state index in [-0.39, 0.29) is 0 Å². The third-order valence-electron chi connectivity index (χ3n) is 2.69. The molecule has 2 aromatic rings. The van der Waals surface area contributed by atoms with Gasteiger partial charge in [0.05, 0.1) is 20.1 Å². The van der Waals surface area contributed by atoms with Crippen LogP contribution in [0, 0.1) is 13.8 Å². The van der Waals surface area contributed by atoms with Crippen molar-refractivity contribution in [3.63, 3.8) is 0 Å². The molecule has 0 fully saturated rings. The molecule has 2 rings (SSSR count). The Bertz CT molecular complexity index is 582. The number of hydrogen-bond donors (Lipinski definition) is 0. The van der Waals surface area contributed by atoms with E-state index in [2.05, 4.69) is 0 Å². The predicted molar refractivity (Wildman–Crippen MR) is 86.5 cm³/mol. The van der Waals surface area contributed by atoms with Crippen LogP contribution in [0.5, 0.6) is 0 Å². The molecule has 0 atom stereocenters. The molecule has 0 unspecified atom stereocenters. The average molecular weight is 352 g/mol. The van der Waals surface area contributed by atoms with Crippen LogP contribution in [0.3, 0.4) is 0 Å². The fourth-order valence-corrected chi connectivity index (χ4v) is 3.79. The summed E-state index contributed by atoms with van der Waals surface area (Å²) in [5, 5.41) is 2.45. The lowest BCUT2D eigenvalue weighted by atomic mass is 10.2. The molecule has 0 aliphatic rings. The molecular weight excluding hydrogens is 342 g/mol. The second kappa shape index (κ2) is 6.15. The zero-order chi connectivity index (χ0) is 14.2. The van der Waals surface area contributed by atoms with Gasteiger partial charge in [-0.15, -0.1) is 0 Å². The van der Waals surface area contributed by atoms with Crippen LogP contribution in [0.2, 0.25) is 20.1 Å². The maximum atomic E-state index is 6.30. The molecule has 0 saturated heterocycles. The topological polar surface area (TPSA) is 0 Å². The number of rotatable bonds is 2. The van der Waals surface area contributed by atoms with Gasteiger partial charge in [0.2, 0.25) is 0 Å². The number of benzene rings is 2. The van der Waals surface area contributed by atoms with E-state index in [9.17, 15) is 0 Å². The number of aryl methyl sites for hydroxylation is 2. The number of hydrogen-bond acceptors (Lipinski definition) is 1. The summed E-state index contributed by atoms with van der Waals surface area (Å²) in [6.07, 6.45) is 0. The van der Waals surface area contributed by atoms with E-state index in [1.807, 2.05) is 38.1 Å². The average Bonchev–Trinajstić information content (AvgIpc) is 2.38. The Balaban J connectivity index is 2.54. The summed E-state index contributed by atoms with van der Waals surface area (Å²) in [6, 6.07) is 7.41. The van der Waals surface area contributed by atoms with Gasteiger partial charge in [0.15, 0.2) is 0 Å². The van der Waals surface area contributed by atoms with Gasteiger partial charge < -0.3 is 0 Å². The van der Waals surface area contributed by atoms with Gasteiger partial charge in [-0.05, 0) is 37.1 Å². The molecule has 5 heteroatoms. The molecule has 2 aromatic carbocycles. The molecule has 0 aliphatic carbocycles. The lowest BCUT2D eigenvalue weighted by molar-refractivity contribution is 1.32. The monoisotopic (exact) mass is 350 g/mol. The molecule has 19 heavy (non-hydrogen) atoms. The summed E-state index contributed by atoms with van der Waals surface area (Å²) in [7, 11) is 0. The van der Waals surface area contributed by atoms with Crippen LogP contribution < -0.4 is 0 Å². The van der Waals surface area contributed by atoms with Gasteiger partial charge in [0.1, 0.15) is 0 Å². The molecular formula is C14H10Cl4S. The third-order valence-corrected chi connectivity index (χ3v) is 6.00. The third kappa shape index (κ3) is 3.17. The van der Waals surface area contributed by atoms with Crippen molar-refractivity contribution in [1.82, 2.24) is 0 Å². The summed E-state index contributed by atoms with van der Waals surface area (Å²) < 4.78 is 0. The quantitative estimate of drug-likeness (QED) is 0.557. The molecule has 0 N–H and O–H groups in total. The SMILES string of the molecule is Cc1ccc(Cl)c(Sc2c(Cl)ccc(C)c2Cl)c1Cl. The Morgan fingerprint density at radius 2 is 1.05 bits per heavy atom. The zero-order valence-electron chi connectivity index (χ0n) is 10.2. The summed E-state index contributed by atoms with van der Waals surface area (Å²) >= 11 is 26.4. The highest BCUT2D eigenvalue weighted by Crippen LogP contribution is 2.45. The maximum absolute atomic E-state index is 6.30. The van der Waals surface area contributed by atoms with E-state index in [0.717, 1.165) is 20.9 Å². The van der Waals surface area contributed by atoms with Crippen LogP contribution in [-0.4, -0.2) is 0 Å². The largest absolute Gasteiger partial charge is 0.0838 e. The van der Waals surface area contributed by atoms with Crippen LogP contribution in [0.25, 0.3) is 0 Å². The first-order valence-corrected chi connectivity index (χ1v) is 7.81. The van der Waals surface area contributed by atoms with Crippen molar-refractivity contribution in [2.45, 2.75) is 23.6 Å². The Labute approximate surface area is 137 Å². The minimum Gasteiger partial charge on any atom is -0.0838 e. The molecule has 0 saturated carbocycles. The molecule has 0 amide bonds. The highest BCUT2D eigenvalue weighted by atomic mass is 35.5. The van der Waals surface area contributed by atoms with E-state index >= 15 is 0 Å². The number of halogens is 4. The van der Waals surface area contributed by atoms with Crippen LogP contribution in [0.4, 0.5) is 0 Å². The minimum atomic E-state index is 0.592. The Morgan fingerprint density at radius 3 is 1.42 bits per heavy atom. The highest BCUT2D eigenvalue weighted by molar-refractivity contribution is 7.99.